The van der Waals surface area contributed by atoms with Crippen LogP contribution in [0.15, 0.2) is 41.3 Å². The van der Waals surface area contributed by atoms with Crippen molar-refractivity contribution >= 4 is 44.6 Å². The largest absolute Gasteiger partial charge is 0.383 e. The molecule has 0 spiro atoms. The standard InChI is InChI=1S/C16H16ClFN4O5S/c1-19-14-6-4-11(8-15(14)22(24)25)28(26,27)21(2)9-16(23)20-13-5-3-10(17)7-12(13)18/h3-8,19H,9H2,1-2H3,(H,20,23). The summed E-state index contributed by atoms with van der Waals surface area (Å²) in [7, 11) is -1.61. The highest BCUT2D eigenvalue weighted by molar-refractivity contribution is 7.89. The normalized spacial score (nSPS) is 11.3. The van der Waals surface area contributed by atoms with E-state index in [2.05, 4.69) is 10.6 Å². The van der Waals surface area contributed by atoms with Crippen molar-refractivity contribution in [3.05, 3.63) is 57.4 Å². The van der Waals surface area contributed by atoms with E-state index < -0.39 is 38.9 Å². The average molecular weight is 431 g/mol. The van der Waals surface area contributed by atoms with Crippen LogP contribution in [-0.2, 0) is 14.8 Å². The van der Waals surface area contributed by atoms with E-state index in [1.807, 2.05) is 0 Å². The number of anilines is 2. The number of nitro groups is 1. The van der Waals surface area contributed by atoms with Gasteiger partial charge in [0.2, 0.25) is 15.9 Å². The van der Waals surface area contributed by atoms with Gasteiger partial charge in [-0.1, -0.05) is 11.6 Å². The van der Waals surface area contributed by atoms with Crippen LogP contribution < -0.4 is 10.6 Å². The molecule has 2 N–H and O–H groups in total. The van der Waals surface area contributed by atoms with Crippen LogP contribution in [0.3, 0.4) is 0 Å². The minimum Gasteiger partial charge on any atom is -0.383 e. The van der Waals surface area contributed by atoms with Crippen LogP contribution in [0.2, 0.25) is 5.02 Å². The van der Waals surface area contributed by atoms with E-state index in [9.17, 15) is 27.7 Å². The zero-order valence-corrected chi connectivity index (χ0v) is 16.3. The second kappa shape index (κ2) is 8.50. The van der Waals surface area contributed by atoms with Gasteiger partial charge in [-0.3, -0.25) is 14.9 Å². The number of likely N-dealkylation sites (N-methyl/N-ethyl adjacent to an activating group) is 1. The van der Waals surface area contributed by atoms with Gasteiger partial charge in [0.25, 0.3) is 5.69 Å². The summed E-state index contributed by atoms with van der Waals surface area (Å²) in [6.45, 7) is -0.633. The number of sulfonamides is 1. The Hall–Kier alpha value is -2.76. The van der Waals surface area contributed by atoms with Crippen LogP contribution in [0.1, 0.15) is 0 Å². The summed E-state index contributed by atoms with van der Waals surface area (Å²) in [5, 5.41) is 16.1. The summed E-state index contributed by atoms with van der Waals surface area (Å²) in [6, 6.07) is 6.94. The van der Waals surface area contributed by atoms with Crippen molar-refractivity contribution < 1.29 is 22.5 Å². The lowest BCUT2D eigenvalue weighted by Crippen LogP contribution is -2.35. The Balaban J connectivity index is 2.20. The maximum atomic E-state index is 13.7. The first kappa shape index (κ1) is 21.5. The van der Waals surface area contributed by atoms with Gasteiger partial charge in [0.15, 0.2) is 0 Å². The number of rotatable bonds is 7. The minimum atomic E-state index is -4.20. The number of carbonyl (C=O) groups is 1. The SMILES string of the molecule is CNc1ccc(S(=O)(=O)N(C)CC(=O)Nc2ccc(Cl)cc2F)cc1[N+](=O)[O-]. The van der Waals surface area contributed by atoms with E-state index in [1.165, 1.54) is 31.3 Å². The predicted molar refractivity (Wildman–Crippen MR) is 102 cm³/mol. The fraction of sp³-hybridized carbons (Fsp3) is 0.188. The molecule has 150 valence electrons. The highest BCUT2D eigenvalue weighted by atomic mass is 35.5. The number of hydrogen-bond acceptors (Lipinski definition) is 6. The van der Waals surface area contributed by atoms with Crippen molar-refractivity contribution in [1.29, 1.82) is 0 Å². The van der Waals surface area contributed by atoms with Crippen LogP contribution >= 0.6 is 11.6 Å². The fourth-order valence-corrected chi connectivity index (χ4v) is 3.59. The molecule has 0 saturated carbocycles. The Labute approximate surface area is 165 Å². The third-order valence-electron chi connectivity index (χ3n) is 3.71. The van der Waals surface area contributed by atoms with E-state index >= 15 is 0 Å². The predicted octanol–water partition coefficient (Wildman–Crippen LogP) is 2.69. The van der Waals surface area contributed by atoms with E-state index in [0.717, 1.165) is 19.2 Å². The Morgan fingerprint density at radius 2 is 1.89 bits per heavy atom. The molecule has 2 aromatic carbocycles. The number of benzene rings is 2. The maximum absolute atomic E-state index is 13.7. The fourth-order valence-electron chi connectivity index (χ4n) is 2.28. The van der Waals surface area contributed by atoms with Crippen molar-refractivity contribution in [2.24, 2.45) is 0 Å². The highest BCUT2D eigenvalue weighted by Gasteiger charge is 2.26. The van der Waals surface area contributed by atoms with Gasteiger partial charge in [0.1, 0.15) is 11.5 Å². The summed E-state index contributed by atoms with van der Waals surface area (Å²) in [6.07, 6.45) is 0. The van der Waals surface area contributed by atoms with Crippen molar-refractivity contribution in [2.45, 2.75) is 4.90 Å². The van der Waals surface area contributed by atoms with Gasteiger partial charge in [0.05, 0.1) is 22.1 Å². The highest BCUT2D eigenvalue weighted by Crippen LogP contribution is 2.28. The molecule has 0 saturated heterocycles. The molecule has 0 unspecified atom stereocenters. The molecule has 28 heavy (non-hydrogen) atoms. The first-order chi connectivity index (χ1) is 13.1. The molecule has 2 aromatic rings. The van der Waals surface area contributed by atoms with Gasteiger partial charge in [-0.15, -0.1) is 0 Å². The molecule has 0 radical (unpaired) electrons. The molecule has 0 heterocycles. The molecule has 1 amide bonds. The summed E-state index contributed by atoms with van der Waals surface area (Å²) >= 11 is 5.63. The molecule has 0 bridgehead atoms. The van der Waals surface area contributed by atoms with Crippen LogP contribution in [0.25, 0.3) is 0 Å². The smallest absolute Gasteiger partial charge is 0.293 e. The van der Waals surface area contributed by atoms with Crippen LogP contribution in [0.4, 0.5) is 21.5 Å². The lowest BCUT2D eigenvalue weighted by Gasteiger charge is -2.17. The Bertz CT molecular complexity index is 1030. The van der Waals surface area contributed by atoms with Gasteiger partial charge in [-0.2, -0.15) is 4.31 Å². The van der Waals surface area contributed by atoms with Crippen molar-refractivity contribution in [3.8, 4) is 0 Å². The number of hydrogen-bond donors (Lipinski definition) is 2. The average Bonchev–Trinajstić information content (AvgIpc) is 2.63. The quantitative estimate of drug-likeness (QED) is 0.514. The summed E-state index contributed by atoms with van der Waals surface area (Å²) in [5.74, 6) is -1.57. The molecule has 0 fully saturated rings. The number of nitro benzene ring substituents is 1. The van der Waals surface area contributed by atoms with E-state index in [1.54, 1.807) is 0 Å². The number of nitrogens with one attached hydrogen (secondary N) is 2. The van der Waals surface area contributed by atoms with Crippen molar-refractivity contribution in [3.63, 3.8) is 0 Å². The number of carbonyl (C=O) groups excluding carboxylic acids is 1. The first-order valence-corrected chi connectivity index (χ1v) is 9.55. The first-order valence-electron chi connectivity index (χ1n) is 7.73. The Morgan fingerprint density at radius 1 is 1.25 bits per heavy atom. The Kier molecular flexibility index (Phi) is 6.54. The lowest BCUT2D eigenvalue weighted by atomic mass is 10.3. The number of nitrogens with zero attached hydrogens (tertiary/aromatic N) is 2. The number of amides is 1. The molecule has 0 aliphatic heterocycles. The summed E-state index contributed by atoms with van der Waals surface area (Å²) < 4.78 is 39.7. The molecule has 9 nitrogen and oxygen atoms in total. The van der Waals surface area contributed by atoms with Crippen LogP contribution in [0.5, 0.6) is 0 Å². The van der Waals surface area contributed by atoms with Gasteiger partial charge in [0, 0.05) is 25.2 Å². The minimum absolute atomic E-state index is 0.141. The lowest BCUT2D eigenvalue weighted by molar-refractivity contribution is -0.384. The second-order valence-electron chi connectivity index (χ2n) is 5.62. The molecule has 0 aromatic heterocycles. The molecule has 0 aliphatic rings. The second-order valence-corrected chi connectivity index (χ2v) is 8.10. The van der Waals surface area contributed by atoms with Gasteiger partial charge in [-0.25, -0.2) is 12.8 Å². The molecular weight excluding hydrogens is 415 g/mol. The van der Waals surface area contributed by atoms with E-state index in [-0.39, 0.29) is 21.3 Å². The zero-order valence-electron chi connectivity index (χ0n) is 14.8. The zero-order chi connectivity index (χ0) is 21.1. The molecule has 2 rings (SSSR count). The van der Waals surface area contributed by atoms with E-state index in [0.29, 0.717) is 4.31 Å². The summed E-state index contributed by atoms with van der Waals surface area (Å²) in [5.41, 5.74) is -0.443. The Morgan fingerprint density at radius 3 is 2.46 bits per heavy atom. The monoisotopic (exact) mass is 430 g/mol. The third-order valence-corrected chi connectivity index (χ3v) is 5.75. The maximum Gasteiger partial charge on any atom is 0.293 e. The van der Waals surface area contributed by atoms with Crippen LogP contribution in [0, 0.1) is 15.9 Å². The van der Waals surface area contributed by atoms with Gasteiger partial charge in [-0.05, 0) is 30.3 Å². The van der Waals surface area contributed by atoms with E-state index in [4.69, 9.17) is 11.6 Å². The topological polar surface area (TPSA) is 122 Å². The number of halogens is 2. The summed E-state index contributed by atoms with van der Waals surface area (Å²) in [4.78, 5) is 22.1. The van der Waals surface area contributed by atoms with Crippen molar-refractivity contribution in [2.75, 3.05) is 31.3 Å². The molecule has 0 atom stereocenters. The molecular formula is C16H16ClFN4O5S. The molecule has 12 heteroatoms. The third kappa shape index (κ3) is 4.74. The van der Waals surface area contributed by atoms with Crippen molar-refractivity contribution in [1.82, 2.24) is 4.31 Å². The van der Waals surface area contributed by atoms with Gasteiger partial charge < -0.3 is 10.6 Å². The molecule has 0 aliphatic carbocycles. The van der Waals surface area contributed by atoms with Crippen LogP contribution in [-0.4, -0.2) is 44.2 Å². The van der Waals surface area contributed by atoms with Gasteiger partial charge >= 0.3 is 0 Å².